The average Bonchev–Trinajstić information content (AvgIpc) is 3.36. The minimum absolute atomic E-state index is 0.110. The third kappa shape index (κ3) is 3.76. The second-order valence-electron chi connectivity index (χ2n) is 6.28. The van der Waals surface area contributed by atoms with E-state index in [4.69, 9.17) is 4.74 Å². The molecule has 3 heterocycles. The highest BCUT2D eigenvalue weighted by atomic mass is 32.2. The normalized spacial score (nSPS) is 11.5. The zero-order valence-electron chi connectivity index (χ0n) is 15.5. The molecule has 0 saturated carbocycles. The van der Waals surface area contributed by atoms with E-state index >= 15 is 0 Å². The molecule has 0 amide bonds. The zero-order chi connectivity index (χ0) is 20.4. The monoisotopic (exact) mass is 431 g/mol. The summed E-state index contributed by atoms with van der Waals surface area (Å²) < 4.78 is 8.59. The van der Waals surface area contributed by atoms with E-state index in [1.54, 1.807) is 29.2 Å². The number of methoxy groups -OCH3 is 1. The van der Waals surface area contributed by atoms with Crippen molar-refractivity contribution in [3.05, 3.63) is 61.7 Å². The maximum absolute atomic E-state index is 13.0. The minimum Gasteiger partial charge on any atom is -0.385 e. The van der Waals surface area contributed by atoms with Crippen LogP contribution in [0.1, 0.15) is 12.0 Å². The van der Waals surface area contributed by atoms with Crippen molar-refractivity contribution in [2.24, 2.45) is 0 Å². The number of rotatable bonds is 8. The number of para-hydroxylation sites is 1. The molecule has 0 unspecified atom stereocenters. The van der Waals surface area contributed by atoms with Crippen LogP contribution in [-0.4, -0.2) is 37.8 Å². The Kier molecular flexibility index (Phi) is 5.60. The van der Waals surface area contributed by atoms with E-state index in [0.717, 1.165) is 22.4 Å². The van der Waals surface area contributed by atoms with E-state index in [0.29, 0.717) is 41.6 Å². The summed E-state index contributed by atoms with van der Waals surface area (Å²) in [5, 5.41) is 22.5. The highest BCUT2D eigenvalue weighted by Gasteiger charge is 2.17. The molecule has 0 radical (unpaired) electrons. The third-order valence-electron chi connectivity index (χ3n) is 4.40. The Bertz CT molecular complexity index is 1250. The maximum Gasteiger partial charge on any atom is 0.324 e. The average molecular weight is 431 g/mol. The van der Waals surface area contributed by atoms with E-state index in [-0.39, 0.29) is 10.6 Å². The quantitative estimate of drug-likeness (QED) is 0.182. The SMILES string of the molecule is COCCCn1c(=O)c2ccccc2n2c(SCc3csc([N+](=O)[O-])c3)nnc12. The number of nitrogens with zero attached hydrogens (tertiary/aromatic N) is 5. The summed E-state index contributed by atoms with van der Waals surface area (Å²) in [6.45, 7) is 1.01. The smallest absolute Gasteiger partial charge is 0.324 e. The number of thiophene rings is 1. The van der Waals surface area contributed by atoms with Gasteiger partial charge in [0, 0.05) is 37.5 Å². The van der Waals surface area contributed by atoms with Gasteiger partial charge >= 0.3 is 5.00 Å². The van der Waals surface area contributed by atoms with Gasteiger partial charge in [-0.05, 0) is 24.1 Å². The van der Waals surface area contributed by atoms with E-state index in [1.165, 1.54) is 11.8 Å². The highest BCUT2D eigenvalue weighted by Crippen LogP contribution is 2.29. The lowest BCUT2D eigenvalue weighted by atomic mass is 10.2. The number of fused-ring (bicyclic) bond motifs is 3. The molecule has 4 rings (SSSR count). The molecule has 11 heteroatoms. The van der Waals surface area contributed by atoms with Crippen molar-refractivity contribution in [2.75, 3.05) is 13.7 Å². The molecule has 150 valence electrons. The summed E-state index contributed by atoms with van der Waals surface area (Å²) in [5.41, 5.74) is 1.47. The first-order valence-electron chi connectivity index (χ1n) is 8.80. The number of aromatic nitrogens is 4. The van der Waals surface area contributed by atoms with E-state index < -0.39 is 4.92 Å². The molecular formula is C18H17N5O4S2. The molecule has 0 spiro atoms. The Morgan fingerprint density at radius 1 is 1.31 bits per heavy atom. The van der Waals surface area contributed by atoms with Crippen molar-refractivity contribution in [3.8, 4) is 0 Å². The largest absolute Gasteiger partial charge is 0.385 e. The Balaban J connectivity index is 1.75. The molecule has 3 aromatic heterocycles. The lowest BCUT2D eigenvalue weighted by Gasteiger charge is -2.11. The lowest BCUT2D eigenvalue weighted by molar-refractivity contribution is -0.380. The van der Waals surface area contributed by atoms with Crippen LogP contribution < -0.4 is 5.56 Å². The molecule has 0 saturated heterocycles. The van der Waals surface area contributed by atoms with Crippen LogP contribution in [0.2, 0.25) is 0 Å². The third-order valence-corrected chi connectivity index (χ3v) is 6.33. The second-order valence-corrected chi connectivity index (χ2v) is 8.11. The first-order chi connectivity index (χ1) is 14.1. The van der Waals surface area contributed by atoms with Crippen LogP contribution >= 0.6 is 23.1 Å². The van der Waals surface area contributed by atoms with Gasteiger partial charge in [-0.15, -0.1) is 10.2 Å². The predicted octanol–water partition coefficient (Wildman–Crippen LogP) is 3.34. The summed E-state index contributed by atoms with van der Waals surface area (Å²) in [5.74, 6) is 0.992. The molecule has 0 bridgehead atoms. The van der Waals surface area contributed by atoms with Crippen LogP contribution in [0.25, 0.3) is 16.7 Å². The molecule has 1 aromatic carbocycles. The van der Waals surface area contributed by atoms with Crippen molar-refractivity contribution in [3.63, 3.8) is 0 Å². The van der Waals surface area contributed by atoms with Crippen LogP contribution in [0.3, 0.4) is 0 Å². The number of ether oxygens (including phenoxy) is 1. The first kappa shape index (κ1) is 19.6. The van der Waals surface area contributed by atoms with E-state index in [1.807, 2.05) is 22.6 Å². The number of benzene rings is 1. The number of aryl methyl sites for hydroxylation is 1. The molecular weight excluding hydrogens is 414 g/mol. The van der Waals surface area contributed by atoms with E-state index in [2.05, 4.69) is 10.2 Å². The van der Waals surface area contributed by atoms with Crippen molar-refractivity contribution in [1.82, 2.24) is 19.2 Å². The van der Waals surface area contributed by atoms with Crippen LogP contribution in [0.4, 0.5) is 5.00 Å². The minimum atomic E-state index is -0.391. The van der Waals surface area contributed by atoms with Crippen LogP contribution in [0.5, 0.6) is 0 Å². The number of hydrogen-bond acceptors (Lipinski definition) is 8. The van der Waals surface area contributed by atoms with Gasteiger partial charge in [-0.25, -0.2) is 0 Å². The van der Waals surface area contributed by atoms with Crippen molar-refractivity contribution in [2.45, 2.75) is 23.9 Å². The van der Waals surface area contributed by atoms with Crippen molar-refractivity contribution < 1.29 is 9.66 Å². The maximum atomic E-state index is 13.0. The van der Waals surface area contributed by atoms with Gasteiger partial charge in [0.25, 0.3) is 5.56 Å². The van der Waals surface area contributed by atoms with Crippen LogP contribution in [-0.2, 0) is 17.0 Å². The fraction of sp³-hybridized carbons (Fsp3) is 0.278. The molecule has 9 nitrogen and oxygen atoms in total. The second kappa shape index (κ2) is 8.31. The van der Waals surface area contributed by atoms with Crippen LogP contribution in [0.15, 0.2) is 45.7 Å². The molecule has 0 N–H and O–H groups in total. The Morgan fingerprint density at radius 3 is 2.90 bits per heavy atom. The number of hydrogen-bond donors (Lipinski definition) is 0. The summed E-state index contributed by atoms with van der Waals surface area (Å²) in [6, 6.07) is 8.93. The number of thioether (sulfide) groups is 1. The first-order valence-corrected chi connectivity index (χ1v) is 10.7. The Labute approximate surface area is 173 Å². The molecule has 0 aliphatic rings. The number of nitro groups is 1. The van der Waals surface area contributed by atoms with Gasteiger partial charge in [0.05, 0.1) is 15.8 Å². The summed E-state index contributed by atoms with van der Waals surface area (Å²) in [7, 11) is 1.62. The summed E-state index contributed by atoms with van der Waals surface area (Å²) in [4.78, 5) is 23.5. The molecule has 29 heavy (non-hydrogen) atoms. The fourth-order valence-corrected chi connectivity index (χ4v) is 4.78. The molecule has 0 aliphatic heterocycles. The zero-order valence-corrected chi connectivity index (χ0v) is 17.1. The molecule has 4 aromatic rings. The summed E-state index contributed by atoms with van der Waals surface area (Å²) in [6.07, 6.45) is 0.679. The van der Waals surface area contributed by atoms with Gasteiger partial charge in [0.1, 0.15) is 0 Å². The molecule has 0 atom stereocenters. The van der Waals surface area contributed by atoms with Gasteiger partial charge in [-0.3, -0.25) is 23.9 Å². The summed E-state index contributed by atoms with van der Waals surface area (Å²) >= 11 is 2.53. The van der Waals surface area contributed by atoms with Gasteiger partial charge < -0.3 is 4.74 Å². The van der Waals surface area contributed by atoms with Gasteiger partial charge in [-0.2, -0.15) is 0 Å². The molecule has 0 fully saturated rings. The molecule has 0 aliphatic carbocycles. The Hall–Kier alpha value is -2.76. The van der Waals surface area contributed by atoms with Gasteiger partial charge in [0.15, 0.2) is 5.16 Å². The van der Waals surface area contributed by atoms with Crippen molar-refractivity contribution in [1.29, 1.82) is 0 Å². The van der Waals surface area contributed by atoms with Crippen LogP contribution in [0, 0.1) is 10.1 Å². The Morgan fingerprint density at radius 2 is 2.14 bits per heavy atom. The lowest BCUT2D eigenvalue weighted by Crippen LogP contribution is -2.24. The topological polar surface area (TPSA) is 105 Å². The van der Waals surface area contributed by atoms with Gasteiger partial charge in [0.2, 0.25) is 5.78 Å². The highest BCUT2D eigenvalue weighted by molar-refractivity contribution is 7.98. The fourth-order valence-electron chi connectivity index (χ4n) is 3.08. The van der Waals surface area contributed by atoms with Gasteiger partial charge in [-0.1, -0.05) is 35.2 Å². The van der Waals surface area contributed by atoms with E-state index in [9.17, 15) is 14.9 Å². The predicted molar refractivity (Wildman–Crippen MR) is 112 cm³/mol. The van der Waals surface area contributed by atoms with Crippen molar-refractivity contribution >= 4 is 44.8 Å². The standard InChI is InChI=1S/C18H17N5O4S2/c1-27-8-4-7-21-16(24)13-5-2-3-6-14(13)22-17(21)19-20-18(22)29-11-12-9-15(23(25)26)28-10-12/h2-3,5-6,9-10H,4,7-8,11H2,1H3.